The number of nitrogens with zero attached hydrogens (tertiary/aromatic N) is 1. The molecule has 3 nitrogen and oxygen atoms in total. The average molecular weight is 259 g/mol. The van der Waals surface area contributed by atoms with Gasteiger partial charge >= 0.3 is 0 Å². The first-order valence-electron chi connectivity index (χ1n) is 5.85. The lowest BCUT2D eigenvalue weighted by Crippen LogP contribution is -2.31. The third kappa shape index (κ3) is 3.60. The van der Waals surface area contributed by atoms with Gasteiger partial charge in [0.15, 0.2) is 5.96 Å². The molecule has 0 aliphatic heterocycles. The van der Waals surface area contributed by atoms with Crippen molar-refractivity contribution in [1.29, 1.82) is 0 Å². The first-order valence-corrected chi connectivity index (χ1v) is 6.79. The maximum atomic E-state index is 5.83. The fourth-order valence-electron chi connectivity index (χ4n) is 1.57. The summed E-state index contributed by atoms with van der Waals surface area (Å²) in [6.07, 6.45) is 0. The Hall–Kier alpha value is -1.81. The summed E-state index contributed by atoms with van der Waals surface area (Å²) in [5.74, 6) is 0.490. The first kappa shape index (κ1) is 12.6. The molecule has 0 atom stereocenters. The van der Waals surface area contributed by atoms with Crippen molar-refractivity contribution >= 4 is 17.3 Å². The molecule has 0 radical (unpaired) electrons. The quantitative estimate of drug-likeness (QED) is 0.655. The van der Waals surface area contributed by atoms with Crippen LogP contribution in [0.2, 0.25) is 0 Å². The molecule has 0 aliphatic rings. The Bertz CT molecular complexity index is 517. The first-order chi connectivity index (χ1) is 8.75. The topological polar surface area (TPSA) is 50.4 Å². The molecule has 18 heavy (non-hydrogen) atoms. The van der Waals surface area contributed by atoms with Gasteiger partial charge in [0.1, 0.15) is 0 Å². The monoisotopic (exact) mass is 259 g/mol. The summed E-state index contributed by atoms with van der Waals surface area (Å²) in [6.45, 7) is 3.45. The number of benzene rings is 1. The maximum Gasteiger partial charge on any atom is 0.189 e. The molecular weight excluding hydrogens is 242 g/mol. The molecule has 0 bridgehead atoms. The van der Waals surface area contributed by atoms with E-state index in [4.69, 9.17) is 5.73 Å². The van der Waals surface area contributed by atoms with E-state index >= 15 is 0 Å². The molecular formula is C14H17N3S. The van der Waals surface area contributed by atoms with Gasteiger partial charge in [0, 0.05) is 6.54 Å². The van der Waals surface area contributed by atoms with E-state index in [1.165, 1.54) is 11.1 Å². The molecule has 0 fully saturated rings. The Morgan fingerprint density at radius 1 is 1.28 bits per heavy atom. The molecule has 3 N–H and O–H groups in total. The average Bonchev–Trinajstić information content (AvgIpc) is 2.81. The third-order valence-corrected chi connectivity index (χ3v) is 3.61. The predicted molar refractivity (Wildman–Crippen MR) is 77.7 cm³/mol. The number of rotatable bonds is 4. The molecule has 1 heterocycles. The van der Waals surface area contributed by atoms with Gasteiger partial charge in [-0.05, 0) is 34.4 Å². The van der Waals surface area contributed by atoms with Crippen LogP contribution in [0.5, 0.6) is 0 Å². The van der Waals surface area contributed by atoms with Crippen molar-refractivity contribution in [3.8, 4) is 0 Å². The van der Waals surface area contributed by atoms with E-state index in [1.54, 1.807) is 11.3 Å². The molecule has 1 aromatic heterocycles. The van der Waals surface area contributed by atoms with E-state index in [2.05, 4.69) is 28.0 Å². The van der Waals surface area contributed by atoms with Gasteiger partial charge in [-0.1, -0.05) is 30.3 Å². The zero-order valence-corrected chi connectivity index (χ0v) is 11.2. The molecule has 0 unspecified atom stereocenters. The van der Waals surface area contributed by atoms with Crippen LogP contribution in [0.4, 0.5) is 0 Å². The van der Waals surface area contributed by atoms with Crippen molar-refractivity contribution in [2.24, 2.45) is 10.7 Å². The fourth-order valence-corrected chi connectivity index (χ4v) is 2.43. The number of nitrogens with two attached hydrogens (primary N) is 1. The maximum absolute atomic E-state index is 5.83. The Kier molecular flexibility index (Phi) is 4.36. The smallest absolute Gasteiger partial charge is 0.189 e. The van der Waals surface area contributed by atoms with E-state index in [0.717, 1.165) is 12.1 Å². The zero-order valence-electron chi connectivity index (χ0n) is 10.4. The molecule has 2 aromatic rings. The van der Waals surface area contributed by atoms with Crippen LogP contribution in [0.1, 0.15) is 16.7 Å². The summed E-state index contributed by atoms with van der Waals surface area (Å²) < 4.78 is 0. The second-order valence-electron chi connectivity index (χ2n) is 4.12. The van der Waals surface area contributed by atoms with Crippen molar-refractivity contribution in [1.82, 2.24) is 5.32 Å². The van der Waals surface area contributed by atoms with E-state index in [-0.39, 0.29) is 0 Å². The summed E-state index contributed by atoms with van der Waals surface area (Å²) in [6, 6.07) is 10.1. The molecule has 4 heteroatoms. The van der Waals surface area contributed by atoms with Crippen molar-refractivity contribution < 1.29 is 0 Å². The van der Waals surface area contributed by atoms with Gasteiger partial charge in [0.25, 0.3) is 0 Å². The SMILES string of the molecule is Cc1cscc1CNC(N)=NCc1ccccc1. The number of guanidine groups is 1. The molecule has 0 spiro atoms. The van der Waals surface area contributed by atoms with Gasteiger partial charge in [-0.25, -0.2) is 4.99 Å². The van der Waals surface area contributed by atoms with Crippen LogP contribution in [0, 0.1) is 6.92 Å². The van der Waals surface area contributed by atoms with Crippen LogP contribution in [-0.2, 0) is 13.1 Å². The summed E-state index contributed by atoms with van der Waals surface area (Å²) in [5, 5.41) is 7.40. The molecule has 0 saturated carbocycles. The fraction of sp³-hybridized carbons (Fsp3) is 0.214. The van der Waals surface area contributed by atoms with Crippen LogP contribution in [-0.4, -0.2) is 5.96 Å². The minimum absolute atomic E-state index is 0.490. The normalized spacial score (nSPS) is 11.5. The van der Waals surface area contributed by atoms with Gasteiger partial charge < -0.3 is 11.1 Å². The molecule has 94 valence electrons. The lowest BCUT2D eigenvalue weighted by atomic mass is 10.2. The third-order valence-electron chi connectivity index (χ3n) is 2.70. The zero-order chi connectivity index (χ0) is 12.8. The van der Waals surface area contributed by atoms with E-state index in [9.17, 15) is 0 Å². The van der Waals surface area contributed by atoms with Crippen LogP contribution >= 0.6 is 11.3 Å². The number of aliphatic imine (C=N–C) groups is 1. The predicted octanol–water partition coefficient (Wildman–Crippen LogP) is 2.66. The summed E-state index contributed by atoms with van der Waals surface area (Å²) in [4.78, 5) is 4.31. The lowest BCUT2D eigenvalue weighted by Gasteiger charge is -2.05. The van der Waals surface area contributed by atoms with Crippen LogP contribution in [0.15, 0.2) is 46.1 Å². The number of thiophene rings is 1. The standard InChI is InChI=1S/C14H17N3S/c1-11-9-18-10-13(11)8-17-14(15)16-7-12-5-3-2-4-6-12/h2-6,9-10H,7-8H2,1H3,(H3,15,16,17). The van der Waals surface area contributed by atoms with Crippen LogP contribution in [0.25, 0.3) is 0 Å². The van der Waals surface area contributed by atoms with Crippen molar-refractivity contribution in [2.75, 3.05) is 0 Å². The highest BCUT2D eigenvalue weighted by molar-refractivity contribution is 7.08. The Labute approximate surface area is 111 Å². The minimum atomic E-state index is 0.490. The number of hydrogen-bond donors (Lipinski definition) is 2. The highest BCUT2D eigenvalue weighted by Gasteiger charge is 1.99. The molecule has 1 aromatic carbocycles. The van der Waals surface area contributed by atoms with E-state index < -0.39 is 0 Å². The van der Waals surface area contributed by atoms with Crippen LogP contribution in [0.3, 0.4) is 0 Å². The Balaban J connectivity index is 1.85. The molecule has 0 saturated heterocycles. The Morgan fingerprint density at radius 3 is 2.72 bits per heavy atom. The van der Waals surface area contributed by atoms with Crippen molar-refractivity contribution in [3.05, 3.63) is 57.8 Å². The van der Waals surface area contributed by atoms with Crippen LogP contribution < -0.4 is 11.1 Å². The highest BCUT2D eigenvalue weighted by Crippen LogP contribution is 2.12. The highest BCUT2D eigenvalue weighted by atomic mass is 32.1. The lowest BCUT2D eigenvalue weighted by molar-refractivity contribution is 0.882. The molecule has 2 rings (SSSR count). The van der Waals surface area contributed by atoms with Gasteiger partial charge in [-0.15, -0.1) is 0 Å². The van der Waals surface area contributed by atoms with Crippen molar-refractivity contribution in [2.45, 2.75) is 20.0 Å². The summed E-state index contributed by atoms with van der Waals surface area (Å²) >= 11 is 1.71. The number of nitrogens with one attached hydrogen (secondary N) is 1. The second kappa shape index (κ2) is 6.21. The van der Waals surface area contributed by atoms with Gasteiger partial charge in [0.05, 0.1) is 6.54 Å². The molecule has 0 aliphatic carbocycles. The van der Waals surface area contributed by atoms with Gasteiger partial charge in [0.2, 0.25) is 0 Å². The molecule has 0 amide bonds. The number of aryl methyl sites for hydroxylation is 1. The summed E-state index contributed by atoms with van der Waals surface area (Å²) in [5.41, 5.74) is 9.56. The largest absolute Gasteiger partial charge is 0.370 e. The van der Waals surface area contributed by atoms with Gasteiger partial charge in [-0.3, -0.25) is 0 Å². The second-order valence-corrected chi connectivity index (χ2v) is 4.86. The van der Waals surface area contributed by atoms with Crippen molar-refractivity contribution in [3.63, 3.8) is 0 Å². The Morgan fingerprint density at radius 2 is 2.06 bits per heavy atom. The van der Waals surface area contributed by atoms with E-state index in [0.29, 0.717) is 12.5 Å². The van der Waals surface area contributed by atoms with Gasteiger partial charge in [-0.2, -0.15) is 11.3 Å². The summed E-state index contributed by atoms with van der Waals surface area (Å²) in [7, 11) is 0. The minimum Gasteiger partial charge on any atom is -0.370 e. The number of hydrogen-bond acceptors (Lipinski definition) is 2. The van der Waals surface area contributed by atoms with E-state index in [1.807, 2.05) is 30.3 Å².